The standard InChI is InChI=1S/C10H16BrN3O/c1-3-10(12,4-2)6-15-9-8(11)5-13-7-14-9/h5,7H,3-4,6,12H2,1-2H3. The summed E-state index contributed by atoms with van der Waals surface area (Å²) < 4.78 is 6.31. The van der Waals surface area contributed by atoms with Gasteiger partial charge in [0, 0.05) is 11.7 Å². The molecular formula is C10H16BrN3O. The molecule has 0 aliphatic carbocycles. The SMILES string of the molecule is CCC(N)(CC)COc1ncncc1Br. The highest BCUT2D eigenvalue weighted by molar-refractivity contribution is 9.10. The van der Waals surface area contributed by atoms with E-state index in [0.29, 0.717) is 12.5 Å². The van der Waals surface area contributed by atoms with E-state index in [9.17, 15) is 0 Å². The van der Waals surface area contributed by atoms with Crippen molar-refractivity contribution in [1.29, 1.82) is 0 Å². The number of hydrogen-bond donors (Lipinski definition) is 1. The normalized spacial score (nSPS) is 11.5. The van der Waals surface area contributed by atoms with E-state index < -0.39 is 0 Å². The van der Waals surface area contributed by atoms with E-state index in [2.05, 4.69) is 39.7 Å². The molecule has 0 unspecified atom stereocenters. The molecule has 84 valence electrons. The van der Waals surface area contributed by atoms with Crippen molar-refractivity contribution in [2.24, 2.45) is 5.73 Å². The molecule has 0 radical (unpaired) electrons. The van der Waals surface area contributed by atoms with Gasteiger partial charge < -0.3 is 10.5 Å². The molecule has 1 aromatic rings. The average molecular weight is 274 g/mol. The minimum absolute atomic E-state index is 0.273. The highest BCUT2D eigenvalue weighted by atomic mass is 79.9. The quantitative estimate of drug-likeness (QED) is 0.893. The number of nitrogens with two attached hydrogens (primary N) is 1. The minimum Gasteiger partial charge on any atom is -0.475 e. The predicted octanol–water partition coefficient (Wildman–Crippen LogP) is 2.14. The molecular weight excluding hydrogens is 258 g/mol. The lowest BCUT2D eigenvalue weighted by Crippen LogP contribution is -2.44. The third kappa shape index (κ3) is 3.43. The van der Waals surface area contributed by atoms with Crippen LogP contribution in [-0.4, -0.2) is 22.1 Å². The highest BCUT2D eigenvalue weighted by Gasteiger charge is 2.21. The van der Waals surface area contributed by atoms with Gasteiger partial charge in [-0.15, -0.1) is 0 Å². The van der Waals surface area contributed by atoms with E-state index >= 15 is 0 Å². The molecule has 1 rings (SSSR count). The van der Waals surface area contributed by atoms with Gasteiger partial charge in [0.2, 0.25) is 5.88 Å². The van der Waals surface area contributed by atoms with Crippen LogP contribution in [0.1, 0.15) is 26.7 Å². The summed E-state index contributed by atoms with van der Waals surface area (Å²) in [6.45, 7) is 4.58. The fourth-order valence-corrected chi connectivity index (χ4v) is 1.41. The molecule has 0 aromatic carbocycles. The van der Waals surface area contributed by atoms with Crippen LogP contribution in [0.4, 0.5) is 0 Å². The van der Waals surface area contributed by atoms with E-state index in [1.165, 1.54) is 6.33 Å². The van der Waals surface area contributed by atoms with Crippen molar-refractivity contribution in [1.82, 2.24) is 9.97 Å². The second-order valence-electron chi connectivity index (χ2n) is 3.53. The van der Waals surface area contributed by atoms with E-state index in [0.717, 1.165) is 17.3 Å². The molecule has 15 heavy (non-hydrogen) atoms. The maximum Gasteiger partial charge on any atom is 0.231 e. The highest BCUT2D eigenvalue weighted by Crippen LogP contribution is 2.21. The van der Waals surface area contributed by atoms with E-state index in [1.807, 2.05) is 0 Å². The van der Waals surface area contributed by atoms with Crippen molar-refractivity contribution in [3.05, 3.63) is 17.0 Å². The Morgan fingerprint density at radius 1 is 1.47 bits per heavy atom. The van der Waals surface area contributed by atoms with Gasteiger partial charge in [-0.2, -0.15) is 0 Å². The summed E-state index contributed by atoms with van der Waals surface area (Å²) in [6.07, 6.45) is 4.87. The lowest BCUT2D eigenvalue weighted by atomic mass is 9.96. The van der Waals surface area contributed by atoms with Gasteiger partial charge in [-0.25, -0.2) is 9.97 Å². The van der Waals surface area contributed by atoms with Crippen LogP contribution in [0, 0.1) is 0 Å². The topological polar surface area (TPSA) is 61.0 Å². The maximum atomic E-state index is 6.11. The predicted molar refractivity (Wildman–Crippen MR) is 62.7 cm³/mol. The summed E-state index contributed by atoms with van der Waals surface area (Å²) in [5.41, 5.74) is 5.84. The molecule has 5 heteroatoms. The summed E-state index contributed by atoms with van der Waals surface area (Å²) in [4.78, 5) is 7.87. The number of aromatic nitrogens is 2. The van der Waals surface area contributed by atoms with Crippen molar-refractivity contribution >= 4 is 15.9 Å². The zero-order valence-electron chi connectivity index (χ0n) is 9.03. The molecule has 0 saturated heterocycles. The van der Waals surface area contributed by atoms with Crippen LogP contribution >= 0.6 is 15.9 Å². The van der Waals surface area contributed by atoms with Crippen LogP contribution in [0.15, 0.2) is 17.0 Å². The number of hydrogen-bond acceptors (Lipinski definition) is 4. The minimum atomic E-state index is -0.273. The first-order valence-corrected chi connectivity index (χ1v) is 5.78. The zero-order chi connectivity index (χ0) is 11.3. The lowest BCUT2D eigenvalue weighted by molar-refractivity contribution is 0.199. The smallest absolute Gasteiger partial charge is 0.231 e. The molecule has 0 spiro atoms. The molecule has 1 heterocycles. The number of nitrogens with zero attached hydrogens (tertiary/aromatic N) is 2. The lowest BCUT2D eigenvalue weighted by Gasteiger charge is -2.26. The molecule has 0 bridgehead atoms. The summed E-state index contributed by atoms with van der Waals surface area (Å²) in [5, 5.41) is 0. The number of rotatable bonds is 5. The van der Waals surface area contributed by atoms with Gasteiger partial charge in [0.25, 0.3) is 0 Å². The van der Waals surface area contributed by atoms with E-state index in [4.69, 9.17) is 10.5 Å². The Bertz CT molecular complexity index is 315. The number of ether oxygens (including phenoxy) is 1. The largest absolute Gasteiger partial charge is 0.475 e. The average Bonchev–Trinajstić information content (AvgIpc) is 2.28. The van der Waals surface area contributed by atoms with Crippen LogP contribution in [0.5, 0.6) is 5.88 Å². The van der Waals surface area contributed by atoms with Gasteiger partial charge in [-0.1, -0.05) is 13.8 Å². The Morgan fingerprint density at radius 3 is 2.67 bits per heavy atom. The van der Waals surface area contributed by atoms with Gasteiger partial charge >= 0.3 is 0 Å². The van der Waals surface area contributed by atoms with Crippen molar-refractivity contribution in [3.8, 4) is 5.88 Å². The van der Waals surface area contributed by atoms with Crippen LogP contribution in [0.3, 0.4) is 0 Å². The van der Waals surface area contributed by atoms with Crippen LogP contribution in [-0.2, 0) is 0 Å². The Morgan fingerprint density at radius 2 is 2.13 bits per heavy atom. The molecule has 1 aromatic heterocycles. The molecule has 0 atom stereocenters. The molecule has 0 fully saturated rings. The molecule has 4 nitrogen and oxygen atoms in total. The maximum absolute atomic E-state index is 6.11. The second kappa shape index (κ2) is 5.42. The monoisotopic (exact) mass is 273 g/mol. The summed E-state index contributed by atoms with van der Waals surface area (Å²) in [6, 6.07) is 0. The van der Waals surface area contributed by atoms with E-state index in [1.54, 1.807) is 6.20 Å². The summed E-state index contributed by atoms with van der Waals surface area (Å²) in [7, 11) is 0. The van der Waals surface area contributed by atoms with E-state index in [-0.39, 0.29) is 5.54 Å². The van der Waals surface area contributed by atoms with Gasteiger partial charge in [0.1, 0.15) is 12.9 Å². The van der Waals surface area contributed by atoms with Gasteiger partial charge in [-0.05, 0) is 28.8 Å². The van der Waals surface area contributed by atoms with Crippen molar-refractivity contribution < 1.29 is 4.74 Å². The van der Waals surface area contributed by atoms with Gasteiger partial charge in [0.15, 0.2) is 0 Å². The molecule has 0 amide bonds. The van der Waals surface area contributed by atoms with Crippen LogP contribution < -0.4 is 10.5 Å². The number of halogens is 1. The second-order valence-corrected chi connectivity index (χ2v) is 4.39. The molecule has 0 aliphatic rings. The summed E-state index contributed by atoms with van der Waals surface area (Å²) in [5.74, 6) is 0.543. The Balaban J connectivity index is 2.61. The Kier molecular flexibility index (Phi) is 4.47. The molecule has 2 N–H and O–H groups in total. The third-order valence-electron chi connectivity index (χ3n) is 2.54. The zero-order valence-corrected chi connectivity index (χ0v) is 10.6. The van der Waals surface area contributed by atoms with Crippen molar-refractivity contribution in [2.75, 3.05) is 6.61 Å². The van der Waals surface area contributed by atoms with Gasteiger partial charge in [-0.3, -0.25) is 0 Å². The first-order chi connectivity index (χ1) is 7.11. The fourth-order valence-electron chi connectivity index (χ4n) is 1.07. The Labute approximate surface area is 98.4 Å². The summed E-state index contributed by atoms with van der Waals surface area (Å²) >= 11 is 3.32. The van der Waals surface area contributed by atoms with Crippen LogP contribution in [0.25, 0.3) is 0 Å². The van der Waals surface area contributed by atoms with Crippen molar-refractivity contribution in [2.45, 2.75) is 32.2 Å². The first-order valence-electron chi connectivity index (χ1n) is 4.98. The van der Waals surface area contributed by atoms with Gasteiger partial charge in [0.05, 0.1) is 4.47 Å². The van der Waals surface area contributed by atoms with Crippen molar-refractivity contribution in [3.63, 3.8) is 0 Å². The fraction of sp³-hybridized carbons (Fsp3) is 0.600. The Hall–Kier alpha value is -0.680. The van der Waals surface area contributed by atoms with Crippen LogP contribution in [0.2, 0.25) is 0 Å². The third-order valence-corrected chi connectivity index (χ3v) is 3.08. The molecule has 0 saturated carbocycles. The first kappa shape index (κ1) is 12.4. The molecule has 0 aliphatic heterocycles.